The summed E-state index contributed by atoms with van der Waals surface area (Å²) in [5.74, 6) is 0.412. The van der Waals surface area contributed by atoms with Crippen LogP contribution in [0.4, 0.5) is 5.69 Å². The molecule has 0 amide bonds. The average molecular weight is 385 g/mol. The first-order valence-corrected chi connectivity index (χ1v) is 11.3. The van der Waals surface area contributed by atoms with E-state index in [-0.39, 0.29) is 0 Å². The monoisotopic (exact) mass is 384 g/mol. The third-order valence-electron chi connectivity index (χ3n) is 6.33. The third-order valence-corrected chi connectivity index (χ3v) is 8.09. The Morgan fingerprint density at radius 3 is 2.37 bits per heavy atom. The first-order valence-electron chi connectivity index (χ1n) is 9.82. The lowest BCUT2D eigenvalue weighted by Crippen LogP contribution is -2.31. The van der Waals surface area contributed by atoms with Crippen LogP contribution in [0, 0.1) is 6.92 Å². The fraction of sp³-hybridized carbons (Fsp3) is 0.455. The Bertz CT molecular complexity index is 937. The van der Waals surface area contributed by atoms with Crippen LogP contribution in [0.15, 0.2) is 52.3 Å². The Morgan fingerprint density at radius 2 is 1.67 bits per heavy atom. The molecule has 2 atom stereocenters. The van der Waals surface area contributed by atoms with E-state index >= 15 is 0 Å². The molecular formula is C22H28N2O2S. The second-order valence-electron chi connectivity index (χ2n) is 7.83. The number of hydrogen-bond acceptors (Lipinski definition) is 4. The molecule has 0 unspecified atom stereocenters. The Balaban J connectivity index is 1.72. The molecule has 2 aliphatic heterocycles. The molecule has 27 heavy (non-hydrogen) atoms. The molecule has 2 heterocycles. The average Bonchev–Trinajstić information content (AvgIpc) is 2.82. The van der Waals surface area contributed by atoms with Crippen LogP contribution < -0.4 is 4.90 Å². The second kappa shape index (κ2) is 6.95. The van der Waals surface area contributed by atoms with Gasteiger partial charge >= 0.3 is 0 Å². The van der Waals surface area contributed by atoms with Gasteiger partial charge in [-0.2, -0.15) is 0 Å². The molecule has 0 saturated carbocycles. The highest BCUT2D eigenvalue weighted by molar-refractivity contribution is 7.91. The van der Waals surface area contributed by atoms with Gasteiger partial charge in [0.2, 0.25) is 9.84 Å². The number of rotatable bonds is 3. The molecular weight excluding hydrogens is 356 g/mol. The fourth-order valence-corrected chi connectivity index (χ4v) is 5.93. The van der Waals surface area contributed by atoms with Crippen LogP contribution in [0.3, 0.4) is 0 Å². The van der Waals surface area contributed by atoms with E-state index in [1.807, 2.05) is 31.2 Å². The molecule has 2 aromatic rings. The molecule has 2 aromatic carbocycles. The predicted molar refractivity (Wildman–Crippen MR) is 109 cm³/mol. The molecule has 144 valence electrons. The van der Waals surface area contributed by atoms with E-state index in [9.17, 15) is 8.42 Å². The molecule has 0 aliphatic carbocycles. The number of fused-ring (bicyclic) bond motifs is 3. The minimum absolute atomic E-state index is 0.369. The summed E-state index contributed by atoms with van der Waals surface area (Å²) in [5.41, 5.74) is 3.46. The number of likely N-dealkylation sites (N-methyl/N-ethyl adjacent to an activating group) is 1. The summed E-state index contributed by atoms with van der Waals surface area (Å²) in [5, 5.41) is 0. The normalized spacial score (nSPS) is 23.0. The van der Waals surface area contributed by atoms with Crippen LogP contribution in [0.2, 0.25) is 0 Å². The second-order valence-corrected chi connectivity index (χ2v) is 9.78. The van der Waals surface area contributed by atoms with Gasteiger partial charge in [0.1, 0.15) is 0 Å². The van der Waals surface area contributed by atoms with Crippen LogP contribution in [0.1, 0.15) is 36.8 Å². The molecule has 1 saturated heterocycles. The van der Waals surface area contributed by atoms with E-state index in [0.717, 1.165) is 38.0 Å². The summed E-state index contributed by atoms with van der Waals surface area (Å²) in [4.78, 5) is 5.64. The molecule has 0 N–H and O–H groups in total. The number of likely N-dealkylation sites (tertiary alicyclic amines) is 1. The van der Waals surface area contributed by atoms with Gasteiger partial charge < -0.3 is 9.80 Å². The standard InChI is InChI=1S/C22H28N2O2S/c1-4-24-13-11-19-20-15-18(9-10-21(20)23(3)22(19)12-14-24)27(25,26)17-7-5-16(2)6-8-17/h5-10,15,19,22H,4,11-14H2,1-3H3/t19-,22+/m0/s1. The van der Waals surface area contributed by atoms with Gasteiger partial charge in [0.15, 0.2) is 0 Å². The first-order chi connectivity index (χ1) is 12.9. The molecule has 4 nitrogen and oxygen atoms in total. The van der Waals surface area contributed by atoms with Gasteiger partial charge in [0, 0.05) is 31.2 Å². The zero-order valence-corrected chi connectivity index (χ0v) is 17.2. The van der Waals surface area contributed by atoms with Gasteiger partial charge in [0.05, 0.1) is 9.79 Å². The highest BCUT2D eigenvalue weighted by atomic mass is 32.2. The number of hydrogen-bond donors (Lipinski definition) is 0. The van der Waals surface area contributed by atoms with Gasteiger partial charge in [0.25, 0.3) is 0 Å². The van der Waals surface area contributed by atoms with Crippen molar-refractivity contribution >= 4 is 15.5 Å². The van der Waals surface area contributed by atoms with Crippen LogP contribution in [0.5, 0.6) is 0 Å². The summed E-state index contributed by atoms with van der Waals surface area (Å²) < 4.78 is 26.3. The Kier molecular flexibility index (Phi) is 4.77. The lowest BCUT2D eigenvalue weighted by atomic mass is 9.91. The third kappa shape index (κ3) is 3.17. The Morgan fingerprint density at radius 1 is 1.00 bits per heavy atom. The van der Waals surface area contributed by atoms with E-state index in [2.05, 4.69) is 23.8 Å². The molecule has 0 radical (unpaired) electrons. The number of nitrogens with zero attached hydrogens (tertiary/aromatic N) is 2. The van der Waals surface area contributed by atoms with Crippen LogP contribution in [-0.4, -0.2) is 46.0 Å². The first kappa shape index (κ1) is 18.5. The summed E-state index contributed by atoms with van der Waals surface area (Å²) in [6.07, 6.45) is 2.22. The lowest BCUT2D eigenvalue weighted by molar-refractivity contribution is 0.298. The lowest BCUT2D eigenvalue weighted by Gasteiger charge is -2.25. The molecule has 0 aromatic heterocycles. The van der Waals surface area contributed by atoms with Crippen molar-refractivity contribution in [3.05, 3.63) is 53.6 Å². The van der Waals surface area contributed by atoms with Crippen molar-refractivity contribution in [2.45, 2.75) is 48.4 Å². The maximum atomic E-state index is 13.1. The molecule has 0 spiro atoms. The van der Waals surface area contributed by atoms with Crippen LogP contribution in [0.25, 0.3) is 0 Å². The van der Waals surface area contributed by atoms with Gasteiger partial charge in [-0.3, -0.25) is 0 Å². The van der Waals surface area contributed by atoms with Crippen molar-refractivity contribution in [1.29, 1.82) is 0 Å². The summed E-state index contributed by atoms with van der Waals surface area (Å²) in [7, 11) is -1.33. The van der Waals surface area contributed by atoms with E-state index < -0.39 is 9.84 Å². The van der Waals surface area contributed by atoms with Crippen molar-refractivity contribution in [2.75, 3.05) is 31.6 Å². The molecule has 1 fully saturated rings. The quantitative estimate of drug-likeness (QED) is 0.806. The largest absolute Gasteiger partial charge is 0.371 e. The Hall–Kier alpha value is -1.85. The summed E-state index contributed by atoms with van der Waals surface area (Å²) in [6.45, 7) is 7.46. The maximum Gasteiger partial charge on any atom is 0.206 e. The van der Waals surface area contributed by atoms with Crippen molar-refractivity contribution in [3.63, 3.8) is 0 Å². The fourth-order valence-electron chi connectivity index (χ4n) is 4.63. The number of sulfone groups is 1. The zero-order valence-electron chi connectivity index (χ0n) is 16.4. The van der Waals surface area contributed by atoms with E-state index in [1.54, 1.807) is 18.2 Å². The molecule has 4 rings (SSSR count). The van der Waals surface area contributed by atoms with Crippen LogP contribution in [-0.2, 0) is 9.84 Å². The van der Waals surface area contributed by atoms with E-state index in [4.69, 9.17) is 0 Å². The van der Waals surface area contributed by atoms with Crippen molar-refractivity contribution in [2.24, 2.45) is 0 Å². The summed E-state index contributed by atoms with van der Waals surface area (Å²) in [6, 6.07) is 13.3. The number of aryl methyl sites for hydroxylation is 1. The van der Waals surface area contributed by atoms with Crippen molar-refractivity contribution in [3.8, 4) is 0 Å². The molecule has 0 bridgehead atoms. The maximum absolute atomic E-state index is 13.1. The van der Waals surface area contributed by atoms with Gasteiger partial charge in [-0.25, -0.2) is 8.42 Å². The highest BCUT2D eigenvalue weighted by Crippen LogP contribution is 2.45. The Labute approximate surface area is 162 Å². The predicted octanol–water partition coefficient (Wildman–Crippen LogP) is 3.85. The number of anilines is 1. The van der Waals surface area contributed by atoms with E-state index in [0.29, 0.717) is 21.8 Å². The van der Waals surface area contributed by atoms with Gasteiger partial charge in [-0.15, -0.1) is 0 Å². The smallest absolute Gasteiger partial charge is 0.206 e. The molecule has 2 aliphatic rings. The minimum Gasteiger partial charge on any atom is -0.371 e. The zero-order chi connectivity index (χ0) is 19.2. The van der Waals surface area contributed by atoms with E-state index in [1.165, 1.54) is 11.3 Å². The highest BCUT2D eigenvalue weighted by Gasteiger charge is 2.38. The minimum atomic E-state index is -3.49. The SMILES string of the molecule is CCN1CC[C@@H]2[C@@H](CC1)c1cc(S(=O)(=O)c3ccc(C)cc3)ccc1N2C. The van der Waals surface area contributed by atoms with Crippen molar-refractivity contribution in [1.82, 2.24) is 4.90 Å². The van der Waals surface area contributed by atoms with Gasteiger partial charge in [-0.1, -0.05) is 24.6 Å². The van der Waals surface area contributed by atoms with Crippen molar-refractivity contribution < 1.29 is 8.42 Å². The topological polar surface area (TPSA) is 40.6 Å². The summed E-state index contributed by atoms with van der Waals surface area (Å²) >= 11 is 0. The number of benzene rings is 2. The van der Waals surface area contributed by atoms with Gasteiger partial charge in [-0.05, 0) is 68.8 Å². The molecule has 5 heteroatoms. The van der Waals surface area contributed by atoms with Crippen LogP contribution >= 0.6 is 0 Å².